The van der Waals surface area contributed by atoms with E-state index in [-0.39, 0.29) is 6.03 Å². The molecule has 2 unspecified atom stereocenters. The van der Waals surface area contributed by atoms with Crippen molar-refractivity contribution in [2.24, 2.45) is 5.92 Å². The molecule has 0 aromatic carbocycles. The molecule has 1 aromatic rings. The predicted octanol–water partition coefficient (Wildman–Crippen LogP) is 2.39. The molecule has 2 atom stereocenters. The Balaban J connectivity index is 2.56. The van der Waals surface area contributed by atoms with Gasteiger partial charge in [0.25, 0.3) is 0 Å². The number of carbonyl (C=O) groups is 2. The van der Waals surface area contributed by atoms with Crippen molar-refractivity contribution in [3.05, 3.63) is 22.4 Å². The zero-order chi connectivity index (χ0) is 14.4. The fraction of sp³-hybridized carbons (Fsp3) is 0.538. The van der Waals surface area contributed by atoms with Crippen LogP contribution in [0.1, 0.15) is 25.6 Å². The topological polar surface area (TPSA) is 69.6 Å². The van der Waals surface area contributed by atoms with Crippen LogP contribution in [-0.2, 0) is 11.3 Å². The fourth-order valence-electron chi connectivity index (χ4n) is 1.54. The lowest BCUT2D eigenvalue weighted by atomic mass is 10.0. The first-order valence-corrected chi connectivity index (χ1v) is 7.14. The van der Waals surface area contributed by atoms with E-state index in [0.717, 1.165) is 4.88 Å². The molecule has 1 aromatic heterocycles. The molecule has 2 N–H and O–H groups in total. The van der Waals surface area contributed by atoms with Crippen LogP contribution >= 0.6 is 11.3 Å². The molecule has 19 heavy (non-hydrogen) atoms. The van der Waals surface area contributed by atoms with Crippen LogP contribution in [0.15, 0.2) is 17.5 Å². The summed E-state index contributed by atoms with van der Waals surface area (Å²) in [6.45, 7) is 6.32. The van der Waals surface area contributed by atoms with Gasteiger partial charge in [-0.3, -0.25) is 4.79 Å². The van der Waals surface area contributed by atoms with Gasteiger partial charge >= 0.3 is 12.0 Å². The second-order valence-electron chi connectivity index (χ2n) is 4.46. The highest BCUT2D eigenvalue weighted by Gasteiger charge is 2.23. The fourth-order valence-corrected chi connectivity index (χ4v) is 2.26. The Kier molecular flexibility index (Phi) is 5.82. The molecule has 0 aliphatic carbocycles. The third kappa shape index (κ3) is 4.55. The Labute approximate surface area is 117 Å². The van der Waals surface area contributed by atoms with Crippen LogP contribution in [0.3, 0.4) is 0 Å². The average Bonchev–Trinajstić information content (AvgIpc) is 2.87. The summed E-state index contributed by atoms with van der Waals surface area (Å²) < 4.78 is 0. The quantitative estimate of drug-likeness (QED) is 0.842. The van der Waals surface area contributed by atoms with Gasteiger partial charge in [-0.05, 0) is 32.2 Å². The summed E-state index contributed by atoms with van der Waals surface area (Å²) in [7, 11) is 0. The summed E-state index contributed by atoms with van der Waals surface area (Å²) in [6, 6.07) is 3.30. The maximum atomic E-state index is 12.1. The van der Waals surface area contributed by atoms with Crippen molar-refractivity contribution in [2.75, 3.05) is 6.54 Å². The van der Waals surface area contributed by atoms with E-state index in [1.807, 2.05) is 24.4 Å². The van der Waals surface area contributed by atoms with Gasteiger partial charge in [0.05, 0.1) is 12.5 Å². The SMILES string of the molecule is CCN(Cc1cccs1)C(=O)NC(C)C(C)C(=O)O. The van der Waals surface area contributed by atoms with E-state index >= 15 is 0 Å². The predicted molar refractivity (Wildman–Crippen MR) is 75.2 cm³/mol. The normalized spacial score (nSPS) is 13.6. The minimum atomic E-state index is -0.908. The van der Waals surface area contributed by atoms with Gasteiger partial charge in [0.1, 0.15) is 0 Å². The smallest absolute Gasteiger partial charge is 0.317 e. The third-order valence-electron chi connectivity index (χ3n) is 3.09. The number of rotatable bonds is 6. The van der Waals surface area contributed by atoms with Crippen molar-refractivity contribution >= 4 is 23.3 Å². The monoisotopic (exact) mass is 284 g/mol. The zero-order valence-corrected chi connectivity index (χ0v) is 12.2. The van der Waals surface area contributed by atoms with E-state index in [4.69, 9.17) is 5.11 Å². The molecule has 0 fully saturated rings. The number of aliphatic carboxylic acids is 1. The van der Waals surface area contributed by atoms with Crippen molar-refractivity contribution in [2.45, 2.75) is 33.4 Å². The first-order chi connectivity index (χ1) is 8.95. The second-order valence-corrected chi connectivity index (χ2v) is 5.49. The summed E-state index contributed by atoms with van der Waals surface area (Å²) in [4.78, 5) is 25.7. The number of hydrogen-bond acceptors (Lipinski definition) is 3. The lowest BCUT2D eigenvalue weighted by Gasteiger charge is -2.25. The van der Waals surface area contributed by atoms with Crippen molar-refractivity contribution in [1.29, 1.82) is 0 Å². The molecular weight excluding hydrogens is 264 g/mol. The highest BCUT2D eigenvalue weighted by Crippen LogP contribution is 2.12. The summed E-state index contributed by atoms with van der Waals surface area (Å²) in [5.74, 6) is -1.52. The van der Waals surface area contributed by atoms with Crippen LogP contribution in [0, 0.1) is 5.92 Å². The number of urea groups is 1. The summed E-state index contributed by atoms with van der Waals surface area (Å²) in [5.41, 5.74) is 0. The number of carbonyl (C=O) groups excluding carboxylic acids is 1. The van der Waals surface area contributed by atoms with Crippen molar-refractivity contribution < 1.29 is 14.7 Å². The molecule has 106 valence electrons. The minimum Gasteiger partial charge on any atom is -0.481 e. The van der Waals surface area contributed by atoms with Gasteiger partial charge in [-0.2, -0.15) is 0 Å². The van der Waals surface area contributed by atoms with Crippen molar-refractivity contribution in [1.82, 2.24) is 10.2 Å². The van der Waals surface area contributed by atoms with Gasteiger partial charge in [0.15, 0.2) is 0 Å². The number of carboxylic acids is 1. The molecule has 1 heterocycles. The van der Waals surface area contributed by atoms with E-state index in [1.165, 1.54) is 0 Å². The first-order valence-electron chi connectivity index (χ1n) is 6.26. The Bertz CT molecular complexity index is 420. The summed E-state index contributed by atoms with van der Waals surface area (Å²) in [5, 5.41) is 13.6. The zero-order valence-electron chi connectivity index (χ0n) is 11.4. The molecule has 0 saturated heterocycles. The highest BCUT2D eigenvalue weighted by molar-refractivity contribution is 7.09. The lowest BCUT2D eigenvalue weighted by molar-refractivity contribution is -0.141. The number of nitrogens with one attached hydrogen (secondary N) is 1. The van der Waals surface area contributed by atoms with E-state index in [2.05, 4.69) is 5.32 Å². The third-order valence-corrected chi connectivity index (χ3v) is 3.95. The summed E-state index contributed by atoms with van der Waals surface area (Å²) >= 11 is 1.60. The molecule has 1 rings (SSSR count). The van der Waals surface area contributed by atoms with Gasteiger partial charge < -0.3 is 15.3 Å². The van der Waals surface area contributed by atoms with E-state index in [1.54, 1.807) is 30.1 Å². The molecule has 0 spiro atoms. The van der Waals surface area contributed by atoms with E-state index in [0.29, 0.717) is 13.1 Å². The molecule has 0 aliphatic heterocycles. The summed E-state index contributed by atoms with van der Waals surface area (Å²) in [6.07, 6.45) is 0. The molecule has 2 amide bonds. The highest BCUT2D eigenvalue weighted by atomic mass is 32.1. The Hall–Kier alpha value is -1.56. The number of nitrogens with zero attached hydrogens (tertiary/aromatic N) is 1. The lowest BCUT2D eigenvalue weighted by Crippen LogP contribution is -2.46. The van der Waals surface area contributed by atoms with Crippen LogP contribution < -0.4 is 5.32 Å². The standard InChI is InChI=1S/C13H20N2O3S/c1-4-15(8-11-6-5-7-19-11)13(18)14-10(3)9(2)12(16)17/h5-7,9-10H,4,8H2,1-3H3,(H,14,18)(H,16,17). The van der Waals surface area contributed by atoms with Crippen LogP contribution in [-0.4, -0.2) is 34.6 Å². The van der Waals surface area contributed by atoms with E-state index < -0.39 is 17.9 Å². The maximum absolute atomic E-state index is 12.1. The van der Waals surface area contributed by atoms with Gasteiger partial charge in [-0.25, -0.2) is 4.79 Å². The van der Waals surface area contributed by atoms with Crippen molar-refractivity contribution in [3.8, 4) is 0 Å². The van der Waals surface area contributed by atoms with Gasteiger partial charge in [0, 0.05) is 17.5 Å². The van der Waals surface area contributed by atoms with Crippen molar-refractivity contribution in [3.63, 3.8) is 0 Å². The van der Waals surface area contributed by atoms with Gasteiger partial charge in [-0.15, -0.1) is 11.3 Å². The van der Waals surface area contributed by atoms with Crippen LogP contribution in [0.5, 0.6) is 0 Å². The first kappa shape index (κ1) is 15.5. The second kappa shape index (κ2) is 7.13. The van der Waals surface area contributed by atoms with Gasteiger partial charge in [0.2, 0.25) is 0 Å². The molecule has 0 radical (unpaired) electrons. The average molecular weight is 284 g/mol. The Morgan fingerprint density at radius 3 is 2.63 bits per heavy atom. The van der Waals surface area contributed by atoms with Gasteiger partial charge in [-0.1, -0.05) is 6.07 Å². The van der Waals surface area contributed by atoms with E-state index in [9.17, 15) is 9.59 Å². The van der Waals surface area contributed by atoms with Crippen LogP contribution in [0.2, 0.25) is 0 Å². The Morgan fingerprint density at radius 1 is 1.47 bits per heavy atom. The number of amides is 2. The molecular formula is C13H20N2O3S. The Morgan fingerprint density at radius 2 is 2.16 bits per heavy atom. The molecule has 6 heteroatoms. The largest absolute Gasteiger partial charge is 0.481 e. The number of carboxylic acid groups (broad SMARTS) is 1. The molecule has 0 bridgehead atoms. The van der Waals surface area contributed by atoms with Crippen LogP contribution in [0.4, 0.5) is 4.79 Å². The molecule has 5 nitrogen and oxygen atoms in total. The molecule has 0 aliphatic rings. The van der Waals surface area contributed by atoms with Crippen LogP contribution in [0.25, 0.3) is 0 Å². The number of thiophene rings is 1. The number of hydrogen-bond donors (Lipinski definition) is 2. The molecule has 0 saturated carbocycles. The maximum Gasteiger partial charge on any atom is 0.317 e. The minimum absolute atomic E-state index is 0.225.